The average Bonchev–Trinajstić information content (AvgIpc) is 2.64. The first-order valence-corrected chi connectivity index (χ1v) is 8.86. The number of β-lactam (4-membered cyclic amide) rings is 1. The summed E-state index contributed by atoms with van der Waals surface area (Å²) in [6, 6.07) is 2.82. The number of sulfone groups is 1. The number of amides is 1. The van der Waals surface area contributed by atoms with E-state index in [1.807, 2.05) is 0 Å². The Balaban J connectivity index is 1.88. The lowest BCUT2D eigenvalue weighted by atomic mass is 9.93. The molecule has 0 aliphatic carbocycles. The number of benzene rings is 1. The van der Waals surface area contributed by atoms with Gasteiger partial charge in [-0.1, -0.05) is 0 Å². The van der Waals surface area contributed by atoms with Gasteiger partial charge in [0.15, 0.2) is 15.9 Å². The number of nitrogens with zero attached hydrogens (tertiary/aromatic N) is 1. The highest BCUT2D eigenvalue weighted by molar-refractivity contribution is 7.94. The molecule has 0 radical (unpaired) electrons. The molecule has 0 spiro atoms. The molecular formula is C15H14FNO7S. The minimum Gasteiger partial charge on any atom is -0.480 e. The van der Waals surface area contributed by atoms with E-state index >= 15 is 0 Å². The number of hydrogen-bond acceptors (Lipinski definition) is 6. The first-order valence-electron chi connectivity index (χ1n) is 7.31. The van der Waals surface area contributed by atoms with E-state index in [-0.39, 0.29) is 12.2 Å². The van der Waals surface area contributed by atoms with Crippen LogP contribution in [-0.4, -0.2) is 52.4 Å². The lowest BCUT2D eigenvalue weighted by Gasteiger charge is -2.35. The van der Waals surface area contributed by atoms with Crippen LogP contribution >= 0.6 is 0 Å². The number of carboxylic acid groups (broad SMARTS) is 1. The molecule has 0 bridgehead atoms. The molecule has 2 aliphatic rings. The molecule has 2 fully saturated rings. The van der Waals surface area contributed by atoms with E-state index in [2.05, 4.69) is 0 Å². The molecule has 1 N–H and O–H groups in total. The molecular weight excluding hydrogens is 357 g/mol. The molecule has 25 heavy (non-hydrogen) atoms. The van der Waals surface area contributed by atoms with E-state index in [1.54, 1.807) is 0 Å². The van der Waals surface area contributed by atoms with Gasteiger partial charge < -0.3 is 14.7 Å². The summed E-state index contributed by atoms with van der Waals surface area (Å²) in [6.07, 6.45) is -1.04. The van der Waals surface area contributed by atoms with Gasteiger partial charge in [-0.2, -0.15) is 0 Å². The highest BCUT2D eigenvalue weighted by Crippen LogP contribution is 2.47. The second-order valence-corrected chi connectivity index (χ2v) is 8.73. The van der Waals surface area contributed by atoms with Crippen molar-refractivity contribution in [1.82, 2.24) is 4.90 Å². The Kier molecular flexibility index (Phi) is 3.82. The number of carboxylic acids is 1. The van der Waals surface area contributed by atoms with Crippen LogP contribution < -0.4 is 4.74 Å². The van der Waals surface area contributed by atoms with Crippen molar-refractivity contribution in [2.45, 2.75) is 35.9 Å². The zero-order chi connectivity index (χ0) is 18.6. The molecule has 2 aliphatic heterocycles. The fourth-order valence-corrected chi connectivity index (χ4v) is 5.63. The number of fused-ring (bicyclic) bond motifs is 1. The fraction of sp³-hybridized carbons (Fsp3) is 0.400. The Labute approximate surface area is 142 Å². The van der Waals surface area contributed by atoms with Crippen LogP contribution in [0.3, 0.4) is 0 Å². The molecule has 0 aromatic heterocycles. The maximum atomic E-state index is 12.9. The first-order chi connectivity index (χ1) is 11.6. The molecule has 1 unspecified atom stereocenters. The summed E-state index contributed by atoms with van der Waals surface area (Å²) in [5, 5.41) is 8.17. The molecule has 1 aromatic carbocycles. The lowest BCUT2D eigenvalue weighted by molar-refractivity contribution is -0.158. The molecule has 1 amide bonds. The van der Waals surface area contributed by atoms with Gasteiger partial charge >= 0.3 is 11.9 Å². The zero-order valence-electron chi connectivity index (χ0n) is 13.0. The van der Waals surface area contributed by atoms with Gasteiger partial charge in [0, 0.05) is 0 Å². The van der Waals surface area contributed by atoms with Crippen LogP contribution in [0, 0.1) is 5.82 Å². The van der Waals surface area contributed by atoms with Crippen LogP contribution in [-0.2, 0) is 24.2 Å². The molecule has 3 rings (SSSR count). The van der Waals surface area contributed by atoms with Crippen LogP contribution in [0.2, 0.25) is 0 Å². The van der Waals surface area contributed by atoms with E-state index in [0.29, 0.717) is 0 Å². The number of ether oxygens (including phenoxy) is 1. The third-order valence-corrected chi connectivity index (χ3v) is 7.36. The summed E-state index contributed by atoms with van der Waals surface area (Å²) in [5.74, 6) is -3.62. The summed E-state index contributed by atoms with van der Waals surface area (Å²) < 4.78 is 41.1. The van der Waals surface area contributed by atoms with Crippen molar-refractivity contribution < 1.29 is 37.0 Å². The summed E-state index contributed by atoms with van der Waals surface area (Å²) >= 11 is 0. The van der Waals surface area contributed by atoms with Crippen LogP contribution in [0.15, 0.2) is 24.3 Å². The highest BCUT2D eigenvalue weighted by Gasteiger charge is 2.70. The SMILES string of the molecule is C[C@]1(CC(=O)Oc2ccc(F)cc2)[C@H](C(=O)O)N2C(=O)CC2S1(=O)=O. The van der Waals surface area contributed by atoms with Crippen molar-refractivity contribution >= 4 is 27.7 Å². The summed E-state index contributed by atoms with van der Waals surface area (Å²) in [4.78, 5) is 36.2. The van der Waals surface area contributed by atoms with Gasteiger partial charge in [-0.15, -0.1) is 0 Å². The maximum absolute atomic E-state index is 12.9. The highest BCUT2D eigenvalue weighted by atomic mass is 32.2. The topological polar surface area (TPSA) is 118 Å². The number of carbonyl (C=O) groups excluding carboxylic acids is 2. The molecule has 10 heteroatoms. The van der Waals surface area contributed by atoms with Crippen LogP contribution in [0.5, 0.6) is 5.75 Å². The van der Waals surface area contributed by atoms with Crippen LogP contribution in [0.1, 0.15) is 19.8 Å². The predicted octanol–water partition coefficient (Wildman–Crippen LogP) is 0.320. The van der Waals surface area contributed by atoms with Gasteiger partial charge in [0.25, 0.3) is 0 Å². The normalized spacial score (nSPS) is 29.7. The molecule has 1 aromatic rings. The third kappa shape index (κ3) is 2.48. The zero-order valence-corrected chi connectivity index (χ0v) is 13.8. The molecule has 3 atom stereocenters. The van der Waals surface area contributed by atoms with Gasteiger partial charge in [0.1, 0.15) is 21.7 Å². The quantitative estimate of drug-likeness (QED) is 0.460. The summed E-state index contributed by atoms with van der Waals surface area (Å²) in [5.41, 5.74) is 0. The van der Waals surface area contributed by atoms with Gasteiger partial charge in [-0.25, -0.2) is 17.6 Å². The Morgan fingerprint density at radius 3 is 2.48 bits per heavy atom. The van der Waals surface area contributed by atoms with Gasteiger partial charge in [0.05, 0.1) is 12.8 Å². The Morgan fingerprint density at radius 1 is 1.36 bits per heavy atom. The second-order valence-electron chi connectivity index (χ2n) is 6.16. The van der Waals surface area contributed by atoms with E-state index < -0.39 is 56.1 Å². The van der Waals surface area contributed by atoms with Crippen molar-refractivity contribution in [3.63, 3.8) is 0 Å². The fourth-order valence-electron chi connectivity index (χ4n) is 3.27. The molecule has 2 saturated heterocycles. The van der Waals surface area contributed by atoms with E-state index in [9.17, 15) is 32.3 Å². The number of halogens is 1. The molecule has 134 valence electrons. The number of aliphatic carboxylic acids is 1. The first kappa shape index (κ1) is 17.3. The Hall–Kier alpha value is -2.49. The smallest absolute Gasteiger partial charge is 0.328 e. The number of hydrogen-bond donors (Lipinski definition) is 1. The average molecular weight is 371 g/mol. The summed E-state index contributed by atoms with van der Waals surface area (Å²) in [7, 11) is -4.09. The van der Waals surface area contributed by atoms with Crippen molar-refractivity contribution in [3.05, 3.63) is 30.1 Å². The molecule has 2 heterocycles. The standard InChI is InChI=1S/C15H14FNO7S/c1-15(7-12(19)24-9-4-2-8(16)3-5-9)13(14(20)21)17-10(18)6-11(17)25(15,22)23/h2-5,11,13H,6-7H2,1H3,(H,20,21)/t11?,13-,15-/m0/s1. The van der Waals surface area contributed by atoms with E-state index in [4.69, 9.17) is 4.74 Å². The number of esters is 1. The Bertz CT molecular complexity index is 866. The number of rotatable bonds is 4. The van der Waals surface area contributed by atoms with Gasteiger partial charge in [-0.05, 0) is 31.2 Å². The van der Waals surface area contributed by atoms with Crippen molar-refractivity contribution in [1.29, 1.82) is 0 Å². The third-order valence-electron chi connectivity index (χ3n) is 4.59. The number of carbonyl (C=O) groups is 3. The van der Waals surface area contributed by atoms with E-state index in [1.165, 1.54) is 12.1 Å². The van der Waals surface area contributed by atoms with Crippen molar-refractivity contribution in [3.8, 4) is 5.75 Å². The van der Waals surface area contributed by atoms with Gasteiger partial charge in [-0.3, -0.25) is 9.59 Å². The van der Waals surface area contributed by atoms with Crippen LogP contribution in [0.25, 0.3) is 0 Å². The predicted molar refractivity (Wildman–Crippen MR) is 80.7 cm³/mol. The minimum absolute atomic E-state index is 0.00313. The summed E-state index contributed by atoms with van der Waals surface area (Å²) in [6.45, 7) is 1.12. The van der Waals surface area contributed by atoms with Crippen molar-refractivity contribution in [2.75, 3.05) is 0 Å². The van der Waals surface area contributed by atoms with Crippen LogP contribution in [0.4, 0.5) is 4.39 Å². The molecule has 0 saturated carbocycles. The van der Waals surface area contributed by atoms with Crippen molar-refractivity contribution in [2.24, 2.45) is 0 Å². The monoisotopic (exact) mass is 371 g/mol. The lowest BCUT2D eigenvalue weighted by Crippen LogP contribution is -2.57. The Morgan fingerprint density at radius 2 is 1.96 bits per heavy atom. The second kappa shape index (κ2) is 5.51. The minimum atomic E-state index is -4.09. The molecule has 8 nitrogen and oxygen atoms in total. The van der Waals surface area contributed by atoms with Gasteiger partial charge in [0.2, 0.25) is 5.91 Å². The largest absolute Gasteiger partial charge is 0.480 e. The maximum Gasteiger partial charge on any atom is 0.328 e. The van der Waals surface area contributed by atoms with E-state index in [0.717, 1.165) is 24.0 Å².